The van der Waals surface area contributed by atoms with Crippen LogP contribution >= 0.6 is 0 Å². The smallest absolute Gasteiger partial charge is 0.248 e. The molecule has 156 valence electrons. The quantitative estimate of drug-likeness (QED) is 0.671. The Morgan fingerprint density at radius 1 is 1.07 bits per heavy atom. The number of piperidine rings is 1. The van der Waals surface area contributed by atoms with Gasteiger partial charge in [-0.25, -0.2) is 8.42 Å². The van der Waals surface area contributed by atoms with E-state index in [1.165, 1.54) is 16.4 Å². The maximum absolute atomic E-state index is 13.1. The molecule has 1 aliphatic rings. The van der Waals surface area contributed by atoms with Crippen molar-refractivity contribution in [3.05, 3.63) is 70.5 Å². The minimum absolute atomic E-state index is 0.0766. The van der Waals surface area contributed by atoms with Gasteiger partial charge in [0.05, 0.1) is 4.90 Å². The van der Waals surface area contributed by atoms with Crippen molar-refractivity contribution < 1.29 is 13.2 Å². The van der Waals surface area contributed by atoms with Crippen molar-refractivity contribution in [3.8, 4) is 0 Å². The number of sulfonamides is 1. The lowest BCUT2D eigenvalue weighted by Gasteiger charge is -2.30. The normalized spacial score (nSPS) is 15.9. The third-order valence-corrected chi connectivity index (χ3v) is 7.34. The molecule has 0 atom stereocenters. The first kappa shape index (κ1) is 20.3. The number of fused-ring (bicyclic) bond motifs is 1. The number of hydrogen-bond donors (Lipinski definition) is 2. The number of benzene rings is 2. The van der Waals surface area contributed by atoms with Gasteiger partial charge in [0.1, 0.15) is 0 Å². The molecule has 0 bridgehead atoms. The van der Waals surface area contributed by atoms with E-state index in [1.54, 1.807) is 18.2 Å². The summed E-state index contributed by atoms with van der Waals surface area (Å²) in [7, 11) is -3.67. The number of nitrogens with one attached hydrogen (secondary N) is 2. The van der Waals surface area contributed by atoms with Crippen LogP contribution in [-0.2, 0) is 14.8 Å². The Morgan fingerprint density at radius 3 is 2.57 bits per heavy atom. The Labute approximate surface area is 174 Å². The largest absolute Gasteiger partial charge is 0.326 e. The van der Waals surface area contributed by atoms with E-state index in [1.807, 2.05) is 31.2 Å². The molecule has 0 spiro atoms. The van der Waals surface area contributed by atoms with Crippen LogP contribution < -0.4 is 10.9 Å². The summed E-state index contributed by atoms with van der Waals surface area (Å²) >= 11 is 0. The summed E-state index contributed by atoms with van der Waals surface area (Å²) in [5.74, 6) is -0.300. The Morgan fingerprint density at radius 2 is 1.83 bits per heavy atom. The zero-order valence-electron chi connectivity index (χ0n) is 16.6. The summed E-state index contributed by atoms with van der Waals surface area (Å²) in [6.45, 7) is 2.54. The lowest BCUT2D eigenvalue weighted by molar-refractivity contribution is -0.120. The fourth-order valence-electron chi connectivity index (χ4n) is 3.77. The molecule has 1 fully saturated rings. The predicted octanol–water partition coefficient (Wildman–Crippen LogP) is 2.88. The second-order valence-corrected chi connectivity index (χ2v) is 9.55. The standard InChI is InChI=1S/C22H23N3O4S/c1-15-3-2-4-18(13-15)23-22(27)16-9-11-25(12-10-16)30(28,29)19-6-7-20-17(14-19)5-8-21(26)24-20/h2-8,13-14,16H,9-12H2,1H3,(H,23,27)(H,24,26). The van der Waals surface area contributed by atoms with Gasteiger partial charge in [-0.3, -0.25) is 9.59 Å². The number of hydrogen-bond acceptors (Lipinski definition) is 4. The van der Waals surface area contributed by atoms with Crippen LogP contribution in [0.4, 0.5) is 5.69 Å². The minimum Gasteiger partial charge on any atom is -0.326 e. The minimum atomic E-state index is -3.67. The number of H-pyrrole nitrogens is 1. The molecule has 30 heavy (non-hydrogen) atoms. The summed E-state index contributed by atoms with van der Waals surface area (Å²) in [6.07, 6.45) is 0.940. The van der Waals surface area contributed by atoms with E-state index in [4.69, 9.17) is 0 Å². The third kappa shape index (κ3) is 4.15. The highest BCUT2D eigenvalue weighted by atomic mass is 32.2. The van der Waals surface area contributed by atoms with Crippen molar-refractivity contribution in [2.75, 3.05) is 18.4 Å². The fourth-order valence-corrected chi connectivity index (χ4v) is 5.27. The molecule has 1 aromatic heterocycles. The van der Waals surface area contributed by atoms with Gasteiger partial charge in [0.2, 0.25) is 21.5 Å². The van der Waals surface area contributed by atoms with Gasteiger partial charge in [0.15, 0.2) is 0 Å². The van der Waals surface area contributed by atoms with Crippen molar-refractivity contribution in [2.24, 2.45) is 5.92 Å². The van der Waals surface area contributed by atoms with E-state index in [0.717, 1.165) is 11.3 Å². The highest BCUT2D eigenvalue weighted by molar-refractivity contribution is 7.89. The second-order valence-electron chi connectivity index (χ2n) is 7.61. The van der Waals surface area contributed by atoms with Crippen molar-refractivity contribution in [1.29, 1.82) is 0 Å². The maximum atomic E-state index is 13.1. The SMILES string of the molecule is Cc1cccc(NC(=O)C2CCN(S(=O)(=O)c3ccc4[nH]c(=O)ccc4c3)CC2)c1. The maximum Gasteiger partial charge on any atom is 0.248 e. The first-order valence-corrected chi connectivity index (χ1v) is 11.3. The van der Waals surface area contributed by atoms with E-state index >= 15 is 0 Å². The van der Waals surface area contributed by atoms with Gasteiger partial charge >= 0.3 is 0 Å². The van der Waals surface area contributed by atoms with Crippen LogP contribution in [0, 0.1) is 12.8 Å². The van der Waals surface area contributed by atoms with Crippen molar-refractivity contribution in [1.82, 2.24) is 9.29 Å². The molecular weight excluding hydrogens is 402 g/mol. The number of nitrogens with zero attached hydrogens (tertiary/aromatic N) is 1. The van der Waals surface area contributed by atoms with Crippen molar-refractivity contribution in [3.63, 3.8) is 0 Å². The number of aromatic nitrogens is 1. The van der Waals surface area contributed by atoms with Crippen LogP contribution in [0.25, 0.3) is 10.9 Å². The van der Waals surface area contributed by atoms with Crippen LogP contribution in [-0.4, -0.2) is 36.7 Å². The van der Waals surface area contributed by atoms with E-state index in [9.17, 15) is 18.0 Å². The topological polar surface area (TPSA) is 99.3 Å². The Bertz CT molecular complexity index is 1260. The van der Waals surface area contributed by atoms with Gasteiger partial charge in [-0.15, -0.1) is 0 Å². The van der Waals surface area contributed by atoms with Gasteiger partial charge in [-0.2, -0.15) is 4.31 Å². The molecule has 2 heterocycles. The predicted molar refractivity (Wildman–Crippen MR) is 116 cm³/mol. The van der Waals surface area contributed by atoms with Crippen LogP contribution in [0.1, 0.15) is 18.4 Å². The average Bonchev–Trinajstić information content (AvgIpc) is 2.73. The van der Waals surface area contributed by atoms with Crippen LogP contribution in [0.2, 0.25) is 0 Å². The van der Waals surface area contributed by atoms with E-state index < -0.39 is 10.0 Å². The number of amides is 1. The highest BCUT2D eigenvalue weighted by Crippen LogP contribution is 2.26. The average molecular weight is 426 g/mol. The Balaban J connectivity index is 1.44. The Kier molecular flexibility index (Phi) is 5.44. The number of aryl methyl sites for hydroxylation is 1. The number of carbonyl (C=O) groups is 1. The van der Waals surface area contributed by atoms with Crippen LogP contribution in [0.15, 0.2) is 64.3 Å². The summed E-state index contributed by atoms with van der Waals surface area (Å²) in [6, 6.07) is 15.3. The lowest BCUT2D eigenvalue weighted by Crippen LogP contribution is -2.41. The van der Waals surface area contributed by atoms with Crippen LogP contribution in [0.5, 0.6) is 0 Å². The number of carbonyl (C=O) groups excluding carboxylic acids is 1. The van der Waals surface area contributed by atoms with Gasteiger partial charge in [0.25, 0.3) is 0 Å². The molecule has 1 aliphatic heterocycles. The molecule has 2 aromatic carbocycles. The first-order chi connectivity index (χ1) is 14.3. The molecule has 4 rings (SSSR count). The zero-order valence-corrected chi connectivity index (χ0v) is 17.4. The summed E-state index contributed by atoms with van der Waals surface area (Å²) < 4.78 is 27.5. The molecule has 0 radical (unpaired) electrons. The number of anilines is 1. The molecular formula is C22H23N3O4S. The summed E-state index contributed by atoms with van der Waals surface area (Å²) in [4.78, 5) is 26.9. The number of pyridine rings is 1. The fraction of sp³-hybridized carbons (Fsp3) is 0.273. The van der Waals surface area contributed by atoms with Gasteiger partial charge in [0, 0.05) is 36.3 Å². The molecule has 7 nitrogen and oxygen atoms in total. The second kappa shape index (κ2) is 8.04. The summed E-state index contributed by atoms with van der Waals surface area (Å²) in [5.41, 5.74) is 2.18. The van der Waals surface area contributed by atoms with E-state index in [2.05, 4.69) is 10.3 Å². The van der Waals surface area contributed by atoms with Gasteiger partial charge in [-0.05, 0) is 67.1 Å². The molecule has 0 aliphatic carbocycles. The van der Waals surface area contributed by atoms with E-state index in [-0.39, 0.29) is 35.4 Å². The first-order valence-electron chi connectivity index (χ1n) is 9.84. The lowest BCUT2D eigenvalue weighted by atomic mass is 9.97. The number of aromatic amines is 1. The number of rotatable bonds is 4. The molecule has 0 saturated carbocycles. The Hall–Kier alpha value is -2.97. The molecule has 2 N–H and O–H groups in total. The van der Waals surface area contributed by atoms with Gasteiger partial charge in [-0.1, -0.05) is 12.1 Å². The van der Waals surface area contributed by atoms with Crippen molar-refractivity contribution in [2.45, 2.75) is 24.7 Å². The van der Waals surface area contributed by atoms with E-state index in [0.29, 0.717) is 23.7 Å². The monoisotopic (exact) mass is 425 g/mol. The molecule has 1 saturated heterocycles. The molecule has 8 heteroatoms. The molecule has 1 amide bonds. The highest BCUT2D eigenvalue weighted by Gasteiger charge is 2.32. The van der Waals surface area contributed by atoms with Crippen molar-refractivity contribution >= 4 is 32.5 Å². The molecule has 3 aromatic rings. The van der Waals surface area contributed by atoms with Crippen LogP contribution in [0.3, 0.4) is 0 Å². The third-order valence-electron chi connectivity index (χ3n) is 5.44. The summed E-state index contributed by atoms with van der Waals surface area (Å²) in [5, 5.41) is 3.58. The zero-order chi connectivity index (χ0) is 21.3. The molecule has 0 unspecified atom stereocenters. The van der Waals surface area contributed by atoms with Gasteiger partial charge < -0.3 is 10.3 Å².